The lowest BCUT2D eigenvalue weighted by molar-refractivity contribution is -0.253. The molecule has 1 aromatic heterocycles. The van der Waals surface area contributed by atoms with Gasteiger partial charge in [-0.15, -0.1) is 0 Å². The molecular weight excluding hydrogens is 434 g/mol. The molecule has 1 aliphatic heterocycles. The number of hydrogen-bond donors (Lipinski definition) is 1. The van der Waals surface area contributed by atoms with Gasteiger partial charge in [-0.1, -0.05) is 35.9 Å². The van der Waals surface area contributed by atoms with E-state index in [-0.39, 0.29) is 25.3 Å². The lowest BCUT2D eigenvalue weighted by Crippen LogP contribution is -2.18. The summed E-state index contributed by atoms with van der Waals surface area (Å²) in [4.78, 5) is 17.2. The van der Waals surface area contributed by atoms with Crippen molar-refractivity contribution in [3.05, 3.63) is 82.6 Å². The molecule has 0 saturated carbocycles. The maximum Gasteiger partial charge on any atom is 0.231 e. The number of ketones is 1. The zero-order chi connectivity index (χ0) is 22.5. The molecule has 0 saturated heterocycles. The fourth-order valence-electron chi connectivity index (χ4n) is 3.37. The van der Waals surface area contributed by atoms with E-state index >= 15 is 0 Å². The van der Waals surface area contributed by atoms with Crippen molar-refractivity contribution in [2.45, 2.75) is 19.6 Å². The summed E-state index contributed by atoms with van der Waals surface area (Å²) < 4.78 is 18.2. The molecule has 3 aromatic rings. The van der Waals surface area contributed by atoms with Crippen molar-refractivity contribution < 1.29 is 29.1 Å². The van der Waals surface area contributed by atoms with Gasteiger partial charge in [0.1, 0.15) is 18.5 Å². The SMILES string of the molecule is C[C@@H](COO)Oc1cccc(C=CCn2cc(Cl)cc2C(=O)c2ccc3c(c2)OCO3)c1. The molecule has 7 nitrogen and oxygen atoms in total. The Kier molecular flexibility index (Phi) is 6.80. The molecule has 1 aliphatic rings. The van der Waals surface area contributed by atoms with Crippen molar-refractivity contribution in [2.75, 3.05) is 13.4 Å². The smallest absolute Gasteiger partial charge is 0.231 e. The van der Waals surface area contributed by atoms with Crippen molar-refractivity contribution in [3.8, 4) is 17.2 Å². The van der Waals surface area contributed by atoms with Crippen LogP contribution < -0.4 is 14.2 Å². The standard InChI is InChI=1S/C24H22ClNO6/c1-16(14-31-28)32-20-6-2-4-17(10-20)5-3-9-26-13-19(25)12-21(26)24(27)18-7-8-22-23(11-18)30-15-29-22/h2-8,10-13,16,28H,9,14-15H2,1H3/t16-/m0/s1. The molecule has 166 valence electrons. The van der Waals surface area contributed by atoms with Gasteiger partial charge in [0.2, 0.25) is 12.6 Å². The van der Waals surface area contributed by atoms with E-state index in [2.05, 4.69) is 4.89 Å². The van der Waals surface area contributed by atoms with Gasteiger partial charge in [0, 0.05) is 18.3 Å². The van der Waals surface area contributed by atoms with Crippen molar-refractivity contribution in [1.82, 2.24) is 4.57 Å². The lowest BCUT2D eigenvalue weighted by Gasteiger charge is -2.13. The third kappa shape index (κ3) is 5.13. The largest absolute Gasteiger partial charge is 0.488 e. The van der Waals surface area contributed by atoms with Crippen LogP contribution in [0.1, 0.15) is 28.5 Å². The highest BCUT2D eigenvalue weighted by Gasteiger charge is 2.19. The second-order valence-electron chi connectivity index (χ2n) is 7.29. The van der Waals surface area contributed by atoms with Crippen LogP contribution in [0.2, 0.25) is 5.02 Å². The molecule has 32 heavy (non-hydrogen) atoms. The van der Waals surface area contributed by atoms with E-state index in [1.807, 2.05) is 36.4 Å². The Morgan fingerprint density at radius 1 is 1.22 bits per heavy atom. The number of benzene rings is 2. The molecule has 1 atom stereocenters. The average molecular weight is 456 g/mol. The van der Waals surface area contributed by atoms with Gasteiger partial charge in [0.05, 0.1) is 10.7 Å². The predicted molar refractivity (Wildman–Crippen MR) is 120 cm³/mol. The number of ether oxygens (including phenoxy) is 3. The maximum atomic E-state index is 13.1. The molecule has 0 amide bonds. The minimum Gasteiger partial charge on any atom is -0.488 e. The number of rotatable bonds is 9. The predicted octanol–water partition coefficient (Wildman–Crippen LogP) is 5.07. The van der Waals surface area contributed by atoms with Gasteiger partial charge in [0.15, 0.2) is 11.5 Å². The average Bonchev–Trinajstić information content (AvgIpc) is 3.39. The molecule has 2 heterocycles. The van der Waals surface area contributed by atoms with Crippen LogP contribution in [0.4, 0.5) is 0 Å². The van der Waals surface area contributed by atoms with Crippen LogP contribution in [0.15, 0.2) is 60.8 Å². The Morgan fingerprint density at radius 3 is 2.91 bits per heavy atom. The van der Waals surface area contributed by atoms with Crippen LogP contribution in [-0.2, 0) is 11.4 Å². The van der Waals surface area contributed by atoms with E-state index in [9.17, 15) is 4.79 Å². The molecular formula is C24H22ClNO6. The van der Waals surface area contributed by atoms with Crippen molar-refractivity contribution in [3.63, 3.8) is 0 Å². The highest BCUT2D eigenvalue weighted by atomic mass is 35.5. The van der Waals surface area contributed by atoms with E-state index in [0.29, 0.717) is 40.1 Å². The van der Waals surface area contributed by atoms with Gasteiger partial charge in [-0.2, -0.15) is 0 Å². The molecule has 1 N–H and O–H groups in total. The van der Waals surface area contributed by atoms with Crippen LogP contribution in [-0.4, -0.2) is 35.1 Å². The first-order valence-electron chi connectivity index (χ1n) is 10.0. The van der Waals surface area contributed by atoms with Crippen LogP contribution >= 0.6 is 11.6 Å². The minimum atomic E-state index is -0.286. The van der Waals surface area contributed by atoms with Gasteiger partial charge >= 0.3 is 0 Å². The molecule has 0 unspecified atom stereocenters. The van der Waals surface area contributed by atoms with E-state index in [4.69, 9.17) is 31.1 Å². The van der Waals surface area contributed by atoms with Crippen molar-refractivity contribution >= 4 is 23.5 Å². The summed E-state index contributed by atoms with van der Waals surface area (Å²) in [6.07, 6.45) is 5.31. The molecule has 0 fully saturated rings. The monoisotopic (exact) mass is 455 g/mol. The summed E-state index contributed by atoms with van der Waals surface area (Å²) in [7, 11) is 0. The maximum absolute atomic E-state index is 13.1. The number of allylic oxidation sites excluding steroid dienone is 1. The quantitative estimate of drug-likeness (QED) is 0.275. The van der Waals surface area contributed by atoms with E-state index in [1.165, 1.54) is 0 Å². The highest BCUT2D eigenvalue weighted by molar-refractivity contribution is 6.31. The van der Waals surface area contributed by atoms with Crippen molar-refractivity contribution in [1.29, 1.82) is 0 Å². The molecule has 8 heteroatoms. The Balaban J connectivity index is 1.47. The van der Waals surface area contributed by atoms with Crippen LogP contribution in [0, 0.1) is 0 Å². The first kappa shape index (κ1) is 22.0. The van der Waals surface area contributed by atoms with Crippen molar-refractivity contribution in [2.24, 2.45) is 0 Å². The Bertz CT molecular complexity index is 1140. The third-order valence-corrected chi connectivity index (χ3v) is 5.05. The normalized spacial score (nSPS) is 13.5. The van der Waals surface area contributed by atoms with Gasteiger partial charge in [-0.25, -0.2) is 4.89 Å². The number of aromatic nitrogens is 1. The summed E-state index contributed by atoms with van der Waals surface area (Å²) in [5, 5.41) is 9.02. The molecule has 0 bridgehead atoms. The summed E-state index contributed by atoms with van der Waals surface area (Å²) in [5.41, 5.74) is 1.91. The number of hydrogen-bond acceptors (Lipinski definition) is 6. The Morgan fingerprint density at radius 2 is 2.06 bits per heavy atom. The minimum absolute atomic E-state index is 0.0780. The van der Waals surface area contributed by atoms with E-state index in [1.54, 1.807) is 42.0 Å². The Labute approximate surface area is 190 Å². The topological polar surface area (TPSA) is 79.2 Å². The highest BCUT2D eigenvalue weighted by Crippen LogP contribution is 2.33. The first-order chi connectivity index (χ1) is 15.5. The summed E-state index contributed by atoms with van der Waals surface area (Å²) in [6.45, 7) is 2.49. The fraction of sp³-hybridized carbons (Fsp3) is 0.208. The summed E-state index contributed by atoms with van der Waals surface area (Å²) in [5.74, 6) is 1.70. The summed E-state index contributed by atoms with van der Waals surface area (Å²) >= 11 is 6.20. The number of carbonyl (C=O) groups excluding carboxylic acids is 1. The van der Waals surface area contributed by atoms with E-state index < -0.39 is 0 Å². The molecule has 0 spiro atoms. The van der Waals surface area contributed by atoms with Gasteiger partial charge in [-0.05, 0) is 48.9 Å². The zero-order valence-corrected chi connectivity index (χ0v) is 18.1. The van der Waals surface area contributed by atoms with Crippen LogP contribution in [0.25, 0.3) is 6.08 Å². The second kappa shape index (κ2) is 9.91. The van der Waals surface area contributed by atoms with Crippen LogP contribution in [0.3, 0.4) is 0 Å². The summed E-state index contributed by atoms with van der Waals surface area (Å²) in [6, 6.07) is 14.3. The molecule has 0 aliphatic carbocycles. The van der Waals surface area contributed by atoms with Gasteiger partial charge < -0.3 is 18.8 Å². The third-order valence-electron chi connectivity index (χ3n) is 4.85. The molecule has 0 radical (unpaired) electrons. The molecule has 2 aromatic carbocycles. The Hall–Kier alpha value is -3.26. The van der Waals surface area contributed by atoms with Gasteiger partial charge in [0.25, 0.3) is 0 Å². The number of fused-ring (bicyclic) bond motifs is 1. The number of nitrogens with zero attached hydrogens (tertiary/aromatic N) is 1. The number of carbonyl (C=O) groups is 1. The van der Waals surface area contributed by atoms with Gasteiger partial charge in [-0.3, -0.25) is 10.1 Å². The molecule has 4 rings (SSSR count). The second-order valence-corrected chi connectivity index (χ2v) is 7.73. The zero-order valence-electron chi connectivity index (χ0n) is 17.4. The first-order valence-corrected chi connectivity index (χ1v) is 10.4. The van der Waals surface area contributed by atoms with E-state index in [0.717, 1.165) is 5.56 Å². The lowest BCUT2D eigenvalue weighted by atomic mass is 10.1. The number of halogens is 1. The van der Waals surface area contributed by atoms with Crippen LogP contribution in [0.5, 0.6) is 17.2 Å². The fourth-order valence-corrected chi connectivity index (χ4v) is 3.59.